The van der Waals surface area contributed by atoms with Gasteiger partial charge in [0.1, 0.15) is 6.10 Å². The first kappa shape index (κ1) is 24.4. The van der Waals surface area contributed by atoms with Crippen LogP contribution in [0.1, 0.15) is 85.0 Å². The quantitative estimate of drug-likeness (QED) is 0.230. The van der Waals surface area contributed by atoms with Crippen molar-refractivity contribution < 1.29 is 19.1 Å². The average Bonchev–Trinajstić information content (AvgIpc) is 3.00. The summed E-state index contributed by atoms with van der Waals surface area (Å²) in [6.07, 6.45) is 14.9. The molecule has 0 aromatic carbocycles. The fourth-order valence-corrected chi connectivity index (χ4v) is 4.49. The highest BCUT2D eigenvalue weighted by Crippen LogP contribution is 2.38. The number of aliphatic hydroxyl groups excluding tert-OH is 1. The number of cyclic esters (lactones) is 1. The number of unbranched alkanes of at least 4 members (excludes halogenated alkanes) is 8. The number of aliphatic hydroxyl groups is 1. The number of ether oxygens (including phenoxy) is 1. The minimum atomic E-state index is -1.90. The number of hydrogen-bond acceptors (Lipinski definition) is 4. The lowest BCUT2D eigenvalue weighted by atomic mass is 10.0. The summed E-state index contributed by atoms with van der Waals surface area (Å²) in [5, 5.41) is 8.93. The molecule has 0 saturated carbocycles. The zero-order valence-electron chi connectivity index (χ0n) is 18.3. The third kappa shape index (κ3) is 9.40. The second kappa shape index (κ2) is 12.0. The third-order valence-electron chi connectivity index (χ3n) is 5.94. The molecule has 1 N–H and O–H groups in total. The molecular weight excluding hydrogens is 356 g/mol. The van der Waals surface area contributed by atoms with E-state index in [0.29, 0.717) is 6.61 Å². The Balaban J connectivity index is 2.34. The molecule has 2 atom stereocenters. The molecule has 0 aliphatic carbocycles. The van der Waals surface area contributed by atoms with Crippen molar-refractivity contribution in [1.82, 2.24) is 0 Å². The fraction of sp³-hybridized carbons (Fsp3) is 0.864. The Morgan fingerprint density at radius 2 is 1.56 bits per heavy atom. The van der Waals surface area contributed by atoms with Crippen LogP contribution in [0.15, 0.2) is 12.2 Å². The molecule has 0 fully saturated rings. The molecule has 4 nitrogen and oxygen atoms in total. The number of carbonyl (C=O) groups is 1. The van der Waals surface area contributed by atoms with Crippen LogP contribution in [0.4, 0.5) is 0 Å². The Morgan fingerprint density at radius 3 is 2.00 bits per heavy atom. The minimum Gasteiger partial charge on any atom is -0.452 e. The SMILES string of the molecule is CC(C)(C)[Si](C)(C)OC(CCCCCCCCCCCO)C1C=CC(=O)O1. The van der Waals surface area contributed by atoms with Crippen LogP contribution in [0.5, 0.6) is 0 Å². The van der Waals surface area contributed by atoms with E-state index in [4.69, 9.17) is 14.3 Å². The van der Waals surface area contributed by atoms with Crippen LogP contribution >= 0.6 is 0 Å². The summed E-state index contributed by atoms with van der Waals surface area (Å²) < 4.78 is 12.1. The third-order valence-corrected chi connectivity index (χ3v) is 10.4. The molecule has 5 heteroatoms. The molecule has 0 amide bonds. The van der Waals surface area contributed by atoms with Gasteiger partial charge in [-0.3, -0.25) is 0 Å². The van der Waals surface area contributed by atoms with E-state index in [1.54, 1.807) is 0 Å². The smallest absolute Gasteiger partial charge is 0.331 e. The molecule has 0 aromatic heterocycles. The van der Waals surface area contributed by atoms with Crippen LogP contribution in [-0.4, -0.2) is 38.2 Å². The summed E-state index contributed by atoms with van der Waals surface area (Å²) in [7, 11) is -1.90. The van der Waals surface area contributed by atoms with Gasteiger partial charge in [-0.05, 0) is 37.0 Å². The van der Waals surface area contributed by atoms with Crippen LogP contribution in [0.3, 0.4) is 0 Å². The summed E-state index contributed by atoms with van der Waals surface area (Å²) in [5.74, 6) is -0.245. The first-order valence-electron chi connectivity index (χ1n) is 10.8. The van der Waals surface area contributed by atoms with Crippen molar-refractivity contribution in [3.05, 3.63) is 12.2 Å². The van der Waals surface area contributed by atoms with Gasteiger partial charge in [0, 0.05) is 12.7 Å². The summed E-state index contributed by atoms with van der Waals surface area (Å²) in [6.45, 7) is 11.6. The summed E-state index contributed by atoms with van der Waals surface area (Å²) in [4.78, 5) is 11.5. The van der Waals surface area contributed by atoms with Crippen molar-refractivity contribution in [3.8, 4) is 0 Å². The number of rotatable bonds is 14. The summed E-state index contributed by atoms with van der Waals surface area (Å²) >= 11 is 0. The van der Waals surface area contributed by atoms with Crippen LogP contribution in [-0.2, 0) is 14.0 Å². The van der Waals surface area contributed by atoms with E-state index in [-0.39, 0.29) is 23.2 Å². The summed E-state index contributed by atoms with van der Waals surface area (Å²) in [6, 6.07) is 0. The van der Waals surface area contributed by atoms with Crippen molar-refractivity contribution in [2.45, 2.75) is 115 Å². The molecule has 158 valence electrons. The Morgan fingerprint density at radius 1 is 1.04 bits per heavy atom. The monoisotopic (exact) mass is 398 g/mol. The molecule has 1 aliphatic rings. The van der Waals surface area contributed by atoms with E-state index in [0.717, 1.165) is 25.7 Å². The van der Waals surface area contributed by atoms with Crippen molar-refractivity contribution in [1.29, 1.82) is 0 Å². The Labute approximate surface area is 167 Å². The van der Waals surface area contributed by atoms with Gasteiger partial charge in [-0.1, -0.05) is 72.1 Å². The Bertz CT molecular complexity index is 454. The van der Waals surface area contributed by atoms with Gasteiger partial charge in [0.25, 0.3) is 0 Å². The Kier molecular flexibility index (Phi) is 10.9. The normalized spacial score (nSPS) is 18.7. The van der Waals surface area contributed by atoms with E-state index in [1.807, 2.05) is 6.08 Å². The molecule has 0 aromatic rings. The lowest BCUT2D eigenvalue weighted by Gasteiger charge is -2.40. The highest BCUT2D eigenvalue weighted by atomic mass is 28.4. The molecule has 0 saturated heterocycles. The van der Waals surface area contributed by atoms with Crippen molar-refractivity contribution in [2.75, 3.05) is 6.61 Å². The second-order valence-electron chi connectivity index (χ2n) is 9.37. The fourth-order valence-electron chi connectivity index (χ4n) is 3.13. The molecule has 1 rings (SSSR count). The van der Waals surface area contributed by atoms with Crippen LogP contribution < -0.4 is 0 Å². The molecule has 27 heavy (non-hydrogen) atoms. The average molecular weight is 399 g/mol. The molecule has 0 radical (unpaired) electrons. The van der Waals surface area contributed by atoms with Gasteiger partial charge in [-0.2, -0.15) is 0 Å². The van der Waals surface area contributed by atoms with Gasteiger partial charge in [-0.15, -0.1) is 0 Å². The van der Waals surface area contributed by atoms with Crippen molar-refractivity contribution >= 4 is 14.3 Å². The van der Waals surface area contributed by atoms with Crippen LogP contribution in [0.25, 0.3) is 0 Å². The number of carbonyl (C=O) groups excluding carboxylic acids is 1. The predicted molar refractivity (Wildman–Crippen MR) is 114 cm³/mol. The maximum atomic E-state index is 11.5. The van der Waals surface area contributed by atoms with Gasteiger partial charge in [0.05, 0.1) is 6.10 Å². The lowest BCUT2D eigenvalue weighted by molar-refractivity contribution is -0.142. The highest BCUT2D eigenvalue weighted by molar-refractivity contribution is 6.74. The van der Waals surface area contributed by atoms with Gasteiger partial charge >= 0.3 is 5.97 Å². The number of esters is 1. The molecule has 0 spiro atoms. The van der Waals surface area contributed by atoms with Crippen molar-refractivity contribution in [3.63, 3.8) is 0 Å². The van der Waals surface area contributed by atoms with E-state index in [1.165, 1.54) is 44.6 Å². The van der Waals surface area contributed by atoms with Gasteiger partial charge in [-0.25, -0.2) is 4.79 Å². The van der Waals surface area contributed by atoms with Crippen molar-refractivity contribution in [2.24, 2.45) is 0 Å². The topological polar surface area (TPSA) is 55.8 Å². The molecule has 1 aliphatic heterocycles. The minimum absolute atomic E-state index is 0.0212. The largest absolute Gasteiger partial charge is 0.452 e. The highest BCUT2D eigenvalue weighted by Gasteiger charge is 2.41. The molecule has 0 bridgehead atoms. The zero-order chi connectivity index (χ0) is 20.3. The standard InChI is InChI=1S/C22H42O4Si/c1-22(2,3)27(4,5)26-20(19-16-17-21(24)25-19)15-13-11-9-7-6-8-10-12-14-18-23/h16-17,19-20,23H,6-15,18H2,1-5H3. The van der Waals surface area contributed by atoms with E-state index in [9.17, 15) is 4.79 Å². The maximum absolute atomic E-state index is 11.5. The van der Waals surface area contributed by atoms with E-state index in [2.05, 4.69) is 33.9 Å². The first-order chi connectivity index (χ1) is 12.7. The van der Waals surface area contributed by atoms with Gasteiger partial charge < -0.3 is 14.3 Å². The Hall–Kier alpha value is -0.653. The van der Waals surface area contributed by atoms with Gasteiger partial charge in [0.15, 0.2) is 8.32 Å². The lowest BCUT2D eigenvalue weighted by Crippen LogP contribution is -2.47. The second-order valence-corrected chi connectivity index (χ2v) is 14.1. The van der Waals surface area contributed by atoms with Gasteiger partial charge in [0.2, 0.25) is 0 Å². The van der Waals surface area contributed by atoms with Crippen LogP contribution in [0, 0.1) is 0 Å². The predicted octanol–water partition coefficient (Wildman–Crippen LogP) is 5.75. The van der Waals surface area contributed by atoms with E-state index < -0.39 is 8.32 Å². The molecular formula is C22H42O4Si. The van der Waals surface area contributed by atoms with E-state index >= 15 is 0 Å². The summed E-state index contributed by atoms with van der Waals surface area (Å²) in [5.41, 5.74) is 0. The molecule has 1 heterocycles. The van der Waals surface area contributed by atoms with Crippen LogP contribution in [0.2, 0.25) is 18.1 Å². The first-order valence-corrected chi connectivity index (χ1v) is 13.8. The zero-order valence-corrected chi connectivity index (χ0v) is 19.3. The maximum Gasteiger partial charge on any atom is 0.331 e. The molecule has 2 unspecified atom stereocenters. The number of hydrogen-bond donors (Lipinski definition) is 1.